The van der Waals surface area contributed by atoms with E-state index in [1.54, 1.807) is 6.20 Å². The van der Waals surface area contributed by atoms with Crippen LogP contribution in [0.15, 0.2) is 35.1 Å². The number of nitrogens with zero attached hydrogens (tertiary/aromatic N) is 2. The maximum atomic E-state index is 6.06. The van der Waals surface area contributed by atoms with Gasteiger partial charge in [0.25, 0.3) is 0 Å². The summed E-state index contributed by atoms with van der Waals surface area (Å²) in [6, 6.07) is 6.31. The Labute approximate surface area is 120 Å². The maximum Gasteiger partial charge on any atom is 0.0705 e. The van der Waals surface area contributed by atoms with Crippen LogP contribution in [0.4, 0.5) is 0 Å². The summed E-state index contributed by atoms with van der Waals surface area (Å²) in [6.45, 7) is 5.04. The second-order valence-corrected chi connectivity index (χ2v) is 5.76. The van der Waals surface area contributed by atoms with Crippen molar-refractivity contribution in [2.75, 3.05) is 0 Å². The molecule has 2 rings (SSSR count). The Kier molecular flexibility index (Phi) is 4.43. The van der Waals surface area contributed by atoms with Crippen molar-refractivity contribution in [1.29, 1.82) is 0 Å². The molecule has 0 fully saturated rings. The number of hydrogen-bond acceptors (Lipinski definition) is 2. The minimum atomic E-state index is 0.442. The number of rotatable bonds is 4. The molecule has 1 aromatic carbocycles. The molecule has 0 saturated carbocycles. The fourth-order valence-corrected chi connectivity index (χ4v) is 2.10. The van der Waals surface area contributed by atoms with Crippen molar-refractivity contribution in [2.45, 2.75) is 26.4 Å². The Morgan fingerprint density at radius 3 is 2.83 bits per heavy atom. The number of nitrogens with one attached hydrogen (secondary N) is 1. The Morgan fingerprint density at radius 2 is 2.22 bits per heavy atom. The number of hydrogen-bond donors (Lipinski definition) is 1. The molecular formula is C13H15BrClN3. The topological polar surface area (TPSA) is 29.9 Å². The van der Waals surface area contributed by atoms with Crippen molar-refractivity contribution in [2.24, 2.45) is 0 Å². The number of aromatic nitrogens is 2. The van der Waals surface area contributed by atoms with Crippen LogP contribution in [0.3, 0.4) is 0 Å². The van der Waals surface area contributed by atoms with Crippen LogP contribution in [0.5, 0.6) is 0 Å². The maximum absolute atomic E-state index is 6.06. The lowest BCUT2D eigenvalue weighted by molar-refractivity contribution is 0.586. The molecule has 1 heterocycles. The molecule has 96 valence electrons. The summed E-state index contributed by atoms with van der Waals surface area (Å²) < 4.78 is 2.78. The molecule has 1 aromatic heterocycles. The van der Waals surface area contributed by atoms with E-state index in [0.717, 1.165) is 16.7 Å². The molecule has 0 spiro atoms. The van der Waals surface area contributed by atoms with E-state index in [4.69, 9.17) is 11.6 Å². The summed E-state index contributed by atoms with van der Waals surface area (Å²) in [5.41, 5.74) is 2.17. The predicted molar refractivity (Wildman–Crippen MR) is 78.2 cm³/mol. The van der Waals surface area contributed by atoms with E-state index in [-0.39, 0.29) is 0 Å². The van der Waals surface area contributed by atoms with Crippen LogP contribution in [0.1, 0.15) is 19.4 Å². The lowest BCUT2D eigenvalue weighted by Gasteiger charge is -2.13. The summed E-state index contributed by atoms with van der Waals surface area (Å²) in [6.07, 6.45) is 3.69. The highest BCUT2D eigenvalue weighted by Crippen LogP contribution is 2.21. The quantitative estimate of drug-likeness (QED) is 0.925. The van der Waals surface area contributed by atoms with Gasteiger partial charge in [-0.2, -0.15) is 5.10 Å². The summed E-state index contributed by atoms with van der Waals surface area (Å²) in [5, 5.41) is 8.41. The van der Waals surface area contributed by atoms with Gasteiger partial charge in [0.2, 0.25) is 0 Å². The standard InChI is InChI=1S/C13H15BrClN3/c1-9(2)16-6-10-3-4-12(15)5-13(10)18-8-11(14)7-17-18/h3-5,7-9,16H,6H2,1-2H3. The molecule has 0 aliphatic carbocycles. The van der Waals surface area contributed by atoms with Gasteiger partial charge in [0, 0.05) is 23.8 Å². The van der Waals surface area contributed by atoms with Crippen molar-refractivity contribution in [1.82, 2.24) is 15.1 Å². The van der Waals surface area contributed by atoms with Gasteiger partial charge >= 0.3 is 0 Å². The van der Waals surface area contributed by atoms with Crippen LogP contribution in [0, 0.1) is 0 Å². The first kappa shape index (κ1) is 13.6. The molecule has 1 N–H and O–H groups in total. The van der Waals surface area contributed by atoms with Gasteiger partial charge in [-0.25, -0.2) is 4.68 Å². The summed E-state index contributed by atoms with van der Waals surface area (Å²) >= 11 is 9.47. The average molecular weight is 329 g/mol. The van der Waals surface area contributed by atoms with Gasteiger partial charge in [0.1, 0.15) is 0 Å². The van der Waals surface area contributed by atoms with Gasteiger partial charge < -0.3 is 5.32 Å². The fourth-order valence-electron chi connectivity index (χ4n) is 1.65. The fraction of sp³-hybridized carbons (Fsp3) is 0.308. The minimum Gasteiger partial charge on any atom is -0.310 e. The first-order chi connectivity index (χ1) is 8.56. The first-order valence-corrected chi connectivity index (χ1v) is 6.95. The van der Waals surface area contributed by atoms with Gasteiger partial charge in [0.05, 0.1) is 16.4 Å². The van der Waals surface area contributed by atoms with Crippen LogP contribution >= 0.6 is 27.5 Å². The second kappa shape index (κ2) is 5.87. The van der Waals surface area contributed by atoms with Crippen molar-refractivity contribution < 1.29 is 0 Å². The highest BCUT2D eigenvalue weighted by Gasteiger charge is 2.07. The summed E-state index contributed by atoms with van der Waals surface area (Å²) in [4.78, 5) is 0. The van der Waals surface area contributed by atoms with Crippen LogP contribution in [-0.2, 0) is 6.54 Å². The van der Waals surface area contributed by atoms with Gasteiger partial charge in [-0.15, -0.1) is 0 Å². The van der Waals surface area contributed by atoms with Gasteiger partial charge in [-0.1, -0.05) is 31.5 Å². The zero-order valence-electron chi connectivity index (χ0n) is 10.3. The van der Waals surface area contributed by atoms with E-state index in [1.807, 2.05) is 29.1 Å². The van der Waals surface area contributed by atoms with E-state index in [1.165, 1.54) is 5.56 Å². The number of benzene rings is 1. The molecule has 3 nitrogen and oxygen atoms in total. The molecular weight excluding hydrogens is 314 g/mol. The monoisotopic (exact) mass is 327 g/mol. The van der Waals surface area contributed by atoms with Gasteiger partial charge in [0.15, 0.2) is 0 Å². The van der Waals surface area contributed by atoms with Gasteiger partial charge in [-0.05, 0) is 33.6 Å². The zero-order chi connectivity index (χ0) is 13.1. The van der Waals surface area contributed by atoms with E-state index in [2.05, 4.69) is 40.2 Å². The third-order valence-electron chi connectivity index (χ3n) is 2.55. The lowest BCUT2D eigenvalue weighted by Crippen LogP contribution is -2.22. The molecule has 2 aromatic rings. The SMILES string of the molecule is CC(C)NCc1ccc(Cl)cc1-n1cc(Br)cn1. The Bertz CT molecular complexity index is 537. The molecule has 0 aliphatic heterocycles. The van der Waals surface area contributed by atoms with Crippen molar-refractivity contribution >= 4 is 27.5 Å². The molecule has 0 unspecified atom stereocenters. The summed E-state index contributed by atoms with van der Waals surface area (Å²) in [5.74, 6) is 0. The zero-order valence-corrected chi connectivity index (χ0v) is 12.7. The molecule has 5 heteroatoms. The molecule has 0 saturated heterocycles. The summed E-state index contributed by atoms with van der Waals surface area (Å²) in [7, 11) is 0. The third kappa shape index (κ3) is 3.34. The number of halogens is 2. The van der Waals surface area contributed by atoms with E-state index in [0.29, 0.717) is 11.1 Å². The molecule has 0 atom stereocenters. The Hall–Kier alpha value is -0.840. The lowest BCUT2D eigenvalue weighted by atomic mass is 10.1. The minimum absolute atomic E-state index is 0.442. The van der Waals surface area contributed by atoms with Crippen molar-refractivity contribution in [3.63, 3.8) is 0 Å². The van der Waals surface area contributed by atoms with Crippen molar-refractivity contribution in [3.8, 4) is 5.69 Å². The smallest absolute Gasteiger partial charge is 0.0705 e. The highest BCUT2D eigenvalue weighted by molar-refractivity contribution is 9.10. The first-order valence-electron chi connectivity index (χ1n) is 5.78. The largest absolute Gasteiger partial charge is 0.310 e. The van der Waals surface area contributed by atoms with Crippen LogP contribution in [0.2, 0.25) is 5.02 Å². The predicted octanol–water partition coefficient (Wildman–Crippen LogP) is 3.79. The van der Waals surface area contributed by atoms with Crippen LogP contribution in [0.25, 0.3) is 5.69 Å². The van der Waals surface area contributed by atoms with E-state index >= 15 is 0 Å². The van der Waals surface area contributed by atoms with Crippen molar-refractivity contribution in [3.05, 3.63) is 45.7 Å². The normalized spacial score (nSPS) is 11.2. The van der Waals surface area contributed by atoms with Gasteiger partial charge in [-0.3, -0.25) is 0 Å². The van der Waals surface area contributed by atoms with E-state index < -0.39 is 0 Å². The second-order valence-electron chi connectivity index (χ2n) is 4.41. The molecule has 18 heavy (non-hydrogen) atoms. The highest BCUT2D eigenvalue weighted by atomic mass is 79.9. The Morgan fingerprint density at radius 1 is 1.44 bits per heavy atom. The van der Waals surface area contributed by atoms with E-state index in [9.17, 15) is 0 Å². The third-order valence-corrected chi connectivity index (χ3v) is 3.19. The molecule has 0 amide bonds. The molecule has 0 radical (unpaired) electrons. The molecule has 0 bridgehead atoms. The van der Waals surface area contributed by atoms with Crippen LogP contribution < -0.4 is 5.32 Å². The molecule has 0 aliphatic rings. The van der Waals surface area contributed by atoms with Crippen LogP contribution in [-0.4, -0.2) is 15.8 Å². The Balaban J connectivity index is 2.34. The average Bonchev–Trinajstić information content (AvgIpc) is 2.74.